The Bertz CT molecular complexity index is 235. The van der Waals surface area contributed by atoms with Gasteiger partial charge in [-0.05, 0) is 18.9 Å². The summed E-state index contributed by atoms with van der Waals surface area (Å²) in [7, 11) is 0. The zero-order valence-electron chi connectivity index (χ0n) is 11.3. The van der Waals surface area contributed by atoms with Crippen molar-refractivity contribution in [3.8, 4) is 0 Å². The zero-order valence-corrected chi connectivity index (χ0v) is 11.3. The molecule has 2 aliphatic rings. The molecule has 2 fully saturated rings. The van der Waals surface area contributed by atoms with Crippen LogP contribution in [0.15, 0.2) is 0 Å². The van der Waals surface area contributed by atoms with E-state index in [4.69, 9.17) is 10.5 Å². The molecule has 4 heteroatoms. The number of hydrogen-bond acceptors (Lipinski definition) is 4. The fraction of sp³-hybridized carbons (Fsp3) is 1.00. The molecule has 0 aromatic carbocycles. The van der Waals surface area contributed by atoms with Crippen molar-refractivity contribution < 1.29 is 4.74 Å². The second kappa shape index (κ2) is 6.14. The Labute approximate surface area is 105 Å². The van der Waals surface area contributed by atoms with Gasteiger partial charge in [-0.25, -0.2) is 0 Å². The van der Waals surface area contributed by atoms with Crippen molar-refractivity contribution in [1.29, 1.82) is 0 Å². The van der Waals surface area contributed by atoms with Crippen LogP contribution in [-0.2, 0) is 4.74 Å². The highest BCUT2D eigenvalue weighted by Gasteiger charge is 2.26. The molecule has 0 aromatic heterocycles. The average Bonchev–Trinajstić information content (AvgIpc) is 2.63. The highest BCUT2D eigenvalue weighted by atomic mass is 16.5. The first-order chi connectivity index (χ1) is 8.13. The second-order valence-corrected chi connectivity index (χ2v) is 5.95. The molecule has 0 saturated carbocycles. The van der Waals surface area contributed by atoms with Crippen molar-refractivity contribution in [3.63, 3.8) is 0 Å². The lowest BCUT2D eigenvalue weighted by molar-refractivity contribution is -0.0436. The number of rotatable bonds is 4. The van der Waals surface area contributed by atoms with Gasteiger partial charge in [0.15, 0.2) is 0 Å². The van der Waals surface area contributed by atoms with Gasteiger partial charge in [0.2, 0.25) is 0 Å². The van der Waals surface area contributed by atoms with Crippen molar-refractivity contribution in [1.82, 2.24) is 9.80 Å². The maximum absolute atomic E-state index is 5.93. The number of ether oxygens (including phenoxy) is 1. The van der Waals surface area contributed by atoms with Crippen LogP contribution in [0.2, 0.25) is 0 Å². The SMILES string of the molecule is CC(C)CN1CCOC(CN2CCC(N)C2)C1. The van der Waals surface area contributed by atoms with Gasteiger partial charge in [0.25, 0.3) is 0 Å². The van der Waals surface area contributed by atoms with Crippen LogP contribution in [0, 0.1) is 5.92 Å². The van der Waals surface area contributed by atoms with Gasteiger partial charge >= 0.3 is 0 Å². The first-order valence-electron chi connectivity index (χ1n) is 6.95. The number of nitrogens with two attached hydrogens (primary N) is 1. The van der Waals surface area contributed by atoms with E-state index in [1.165, 1.54) is 6.54 Å². The lowest BCUT2D eigenvalue weighted by atomic mass is 10.1. The third kappa shape index (κ3) is 4.21. The molecule has 2 atom stereocenters. The Balaban J connectivity index is 1.73. The molecule has 0 amide bonds. The Morgan fingerprint density at radius 1 is 1.24 bits per heavy atom. The fourth-order valence-electron chi connectivity index (χ4n) is 2.89. The van der Waals surface area contributed by atoms with Crippen molar-refractivity contribution in [2.24, 2.45) is 11.7 Å². The second-order valence-electron chi connectivity index (χ2n) is 5.95. The number of morpholine rings is 1. The Morgan fingerprint density at radius 3 is 2.71 bits per heavy atom. The van der Waals surface area contributed by atoms with Gasteiger partial charge in [-0.1, -0.05) is 13.8 Å². The summed E-state index contributed by atoms with van der Waals surface area (Å²) in [5.41, 5.74) is 5.93. The van der Waals surface area contributed by atoms with E-state index in [9.17, 15) is 0 Å². The van der Waals surface area contributed by atoms with Crippen LogP contribution in [0.3, 0.4) is 0 Å². The van der Waals surface area contributed by atoms with Gasteiger partial charge in [0, 0.05) is 38.8 Å². The van der Waals surface area contributed by atoms with Crippen molar-refractivity contribution >= 4 is 0 Å². The third-order valence-corrected chi connectivity index (χ3v) is 3.62. The van der Waals surface area contributed by atoms with E-state index in [1.807, 2.05) is 0 Å². The number of likely N-dealkylation sites (tertiary alicyclic amines) is 1. The first kappa shape index (κ1) is 13.3. The molecular formula is C13H27N3O. The van der Waals surface area contributed by atoms with Gasteiger partial charge in [0.05, 0.1) is 12.7 Å². The molecule has 0 spiro atoms. The lowest BCUT2D eigenvalue weighted by Gasteiger charge is -2.35. The normalized spacial score (nSPS) is 32.5. The minimum atomic E-state index is 0.380. The van der Waals surface area contributed by atoms with Crippen molar-refractivity contribution in [3.05, 3.63) is 0 Å². The summed E-state index contributed by atoms with van der Waals surface area (Å²) >= 11 is 0. The van der Waals surface area contributed by atoms with Gasteiger partial charge in [-0.3, -0.25) is 9.80 Å². The zero-order chi connectivity index (χ0) is 12.3. The molecule has 4 nitrogen and oxygen atoms in total. The monoisotopic (exact) mass is 241 g/mol. The summed E-state index contributed by atoms with van der Waals surface area (Å²) < 4.78 is 5.86. The topological polar surface area (TPSA) is 41.7 Å². The molecule has 0 bridgehead atoms. The molecule has 2 rings (SSSR count). The van der Waals surface area contributed by atoms with E-state index < -0.39 is 0 Å². The molecule has 2 heterocycles. The summed E-state index contributed by atoms with van der Waals surface area (Å²) in [6.07, 6.45) is 1.52. The fourth-order valence-corrected chi connectivity index (χ4v) is 2.89. The van der Waals surface area contributed by atoms with E-state index in [-0.39, 0.29) is 0 Å². The van der Waals surface area contributed by atoms with Gasteiger partial charge in [-0.2, -0.15) is 0 Å². The van der Waals surface area contributed by atoms with Gasteiger partial charge in [0.1, 0.15) is 0 Å². The minimum absolute atomic E-state index is 0.380. The summed E-state index contributed by atoms with van der Waals surface area (Å²) in [5, 5.41) is 0. The molecule has 2 N–H and O–H groups in total. The van der Waals surface area contributed by atoms with Crippen LogP contribution in [0.5, 0.6) is 0 Å². The maximum atomic E-state index is 5.93. The summed E-state index contributed by atoms with van der Waals surface area (Å²) in [6.45, 7) is 12.1. The first-order valence-corrected chi connectivity index (χ1v) is 6.95. The molecule has 2 aliphatic heterocycles. The van der Waals surface area contributed by atoms with Crippen LogP contribution >= 0.6 is 0 Å². The average molecular weight is 241 g/mol. The molecule has 0 aromatic rings. The highest BCUT2D eigenvalue weighted by Crippen LogP contribution is 2.13. The van der Waals surface area contributed by atoms with Crippen molar-refractivity contribution in [2.75, 3.05) is 45.9 Å². The van der Waals surface area contributed by atoms with Crippen LogP contribution in [0.25, 0.3) is 0 Å². The van der Waals surface area contributed by atoms with E-state index in [2.05, 4.69) is 23.6 Å². The quantitative estimate of drug-likeness (QED) is 0.772. The van der Waals surface area contributed by atoms with E-state index in [0.717, 1.165) is 51.7 Å². The Hall–Kier alpha value is -0.160. The summed E-state index contributed by atoms with van der Waals surface area (Å²) in [5.74, 6) is 0.744. The number of hydrogen-bond donors (Lipinski definition) is 1. The van der Waals surface area contributed by atoms with Gasteiger partial charge < -0.3 is 10.5 Å². The van der Waals surface area contributed by atoms with E-state index in [1.54, 1.807) is 0 Å². The smallest absolute Gasteiger partial charge is 0.0829 e. The highest BCUT2D eigenvalue weighted by molar-refractivity contribution is 4.82. The minimum Gasteiger partial charge on any atom is -0.374 e. The molecule has 2 saturated heterocycles. The number of nitrogens with zero attached hydrogens (tertiary/aromatic N) is 2. The predicted molar refractivity (Wildman–Crippen MR) is 70.1 cm³/mol. The lowest BCUT2D eigenvalue weighted by Crippen LogP contribution is -2.48. The van der Waals surface area contributed by atoms with E-state index >= 15 is 0 Å². The third-order valence-electron chi connectivity index (χ3n) is 3.62. The maximum Gasteiger partial charge on any atom is 0.0829 e. The standard InChI is InChI=1S/C13H27N3O/c1-11(2)7-16-5-6-17-13(10-16)9-15-4-3-12(14)8-15/h11-13H,3-10,14H2,1-2H3. The molecule has 0 aliphatic carbocycles. The van der Waals surface area contributed by atoms with Crippen LogP contribution in [0.4, 0.5) is 0 Å². The Kier molecular flexibility index (Phi) is 4.79. The molecular weight excluding hydrogens is 214 g/mol. The molecule has 0 radical (unpaired) electrons. The predicted octanol–water partition coefficient (Wildman–Crippen LogP) is 0.376. The Morgan fingerprint density at radius 2 is 2.06 bits per heavy atom. The molecule has 17 heavy (non-hydrogen) atoms. The van der Waals surface area contributed by atoms with E-state index in [0.29, 0.717) is 12.1 Å². The summed E-state index contributed by atoms with van der Waals surface area (Å²) in [6, 6.07) is 0.380. The molecule has 100 valence electrons. The van der Waals surface area contributed by atoms with Crippen molar-refractivity contribution in [2.45, 2.75) is 32.4 Å². The van der Waals surface area contributed by atoms with Crippen LogP contribution in [0.1, 0.15) is 20.3 Å². The van der Waals surface area contributed by atoms with Gasteiger partial charge in [-0.15, -0.1) is 0 Å². The largest absolute Gasteiger partial charge is 0.374 e. The summed E-state index contributed by atoms with van der Waals surface area (Å²) in [4.78, 5) is 4.99. The van der Waals surface area contributed by atoms with Crippen LogP contribution < -0.4 is 5.73 Å². The van der Waals surface area contributed by atoms with Crippen LogP contribution in [-0.4, -0.2) is 67.8 Å². The molecule has 2 unspecified atom stereocenters.